The van der Waals surface area contributed by atoms with Crippen molar-refractivity contribution in [3.8, 4) is 0 Å². The van der Waals surface area contributed by atoms with E-state index in [0.29, 0.717) is 30.5 Å². The molecule has 140 valence electrons. The van der Waals surface area contributed by atoms with Crippen LogP contribution >= 0.6 is 24.0 Å². The molecule has 2 N–H and O–H groups in total. The van der Waals surface area contributed by atoms with Crippen LogP contribution in [0.25, 0.3) is 0 Å². The second-order valence-electron chi connectivity index (χ2n) is 7.13. The lowest BCUT2D eigenvalue weighted by Crippen LogP contribution is -2.45. The zero-order valence-corrected chi connectivity index (χ0v) is 16.9. The molecule has 2 saturated carbocycles. The van der Waals surface area contributed by atoms with Crippen LogP contribution < -0.4 is 10.6 Å². The molecule has 3 aliphatic rings. The molecule has 1 aromatic heterocycles. The van der Waals surface area contributed by atoms with Gasteiger partial charge in [0.1, 0.15) is 6.54 Å². The van der Waals surface area contributed by atoms with Crippen molar-refractivity contribution >= 4 is 29.9 Å². The van der Waals surface area contributed by atoms with Crippen molar-refractivity contribution in [3.05, 3.63) is 11.7 Å². The summed E-state index contributed by atoms with van der Waals surface area (Å²) in [4.78, 5) is 9.10. The van der Waals surface area contributed by atoms with Gasteiger partial charge < -0.3 is 19.9 Å². The Bertz CT molecular complexity index is 563. The van der Waals surface area contributed by atoms with E-state index in [1.807, 2.05) is 0 Å². The van der Waals surface area contributed by atoms with Gasteiger partial charge in [-0.15, -0.1) is 24.0 Å². The zero-order chi connectivity index (χ0) is 16.2. The molecule has 1 aromatic rings. The second-order valence-corrected chi connectivity index (χ2v) is 7.13. The maximum Gasteiger partial charge on any atom is 0.248 e. The largest absolute Gasteiger partial charge is 0.376 e. The molecule has 7 nitrogen and oxygen atoms in total. The maximum absolute atomic E-state index is 5.69. The molecule has 4 rings (SSSR count). The number of halogens is 1. The van der Waals surface area contributed by atoms with Crippen LogP contribution in [-0.4, -0.2) is 41.4 Å². The van der Waals surface area contributed by atoms with E-state index < -0.39 is 0 Å². The minimum Gasteiger partial charge on any atom is -0.376 e. The van der Waals surface area contributed by atoms with Crippen molar-refractivity contribution in [2.75, 3.05) is 13.2 Å². The number of nitrogens with one attached hydrogen (secondary N) is 2. The molecule has 0 spiro atoms. The van der Waals surface area contributed by atoms with E-state index in [4.69, 9.17) is 9.26 Å². The summed E-state index contributed by atoms with van der Waals surface area (Å²) in [6.45, 7) is 2.10. The van der Waals surface area contributed by atoms with Crippen molar-refractivity contribution in [3.63, 3.8) is 0 Å². The number of aliphatic imine (C=N–C) groups is 1. The number of hydrogen-bond acceptors (Lipinski definition) is 5. The summed E-state index contributed by atoms with van der Waals surface area (Å²) in [5, 5.41) is 11.0. The van der Waals surface area contributed by atoms with E-state index in [9.17, 15) is 0 Å². The fraction of sp³-hybridized carbons (Fsp3) is 0.824. The minimum absolute atomic E-state index is 0. The third-order valence-corrected chi connectivity index (χ3v) is 5.02. The van der Waals surface area contributed by atoms with Crippen molar-refractivity contribution in [2.24, 2.45) is 4.99 Å². The third kappa shape index (κ3) is 5.54. The van der Waals surface area contributed by atoms with Gasteiger partial charge in [-0.3, -0.25) is 0 Å². The van der Waals surface area contributed by atoms with Crippen LogP contribution in [0.15, 0.2) is 9.52 Å². The van der Waals surface area contributed by atoms with Crippen molar-refractivity contribution in [1.82, 2.24) is 20.8 Å². The van der Waals surface area contributed by atoms with Crippen LogP contribution in [0.1, 0.15) is 69.0 Å². The monoisotopic (exact) mass is 461 g/mol. The van der Waals surface area contributed by atoms with Gasteiger partial charge in [0, 0.05) is 25.1 Å². The van der Waals surface area contributed by atoms with Crippen LogP contribution in [0, 0.1) is 0 Å². The number of aromatic nitrogens is 2. The SMILES string of the molecule is C1CCC(NC(=NCc2nc(C3CC3)no2)NCC2CCCO2)C1.I. The van der Waals surface area contributed by atoms with Crippen LogP contribution in [0.5, 0.6) is 0 Å². The summed E-state index contributed by atoms with van der Waals surface area (Å²) in [7, 11) is 0. The molecule has 3 fully saturated rings. The van der Waals surface area contributed by atoms with Crippen LogP contribution in [-0.2, 0) is 11.3 Å². The second kappa shape index (κ2) is 9.16. The van der Waals surface area contributed by atoms with Crippen LogP contribution in [0.3, 0.4) is 0 Å². The molecule has 8 heteroatoms. The van der Waals surface area contributed by atoms with Gasteiger partial charge in [-0.05, 0) is 38.5 Å². The Morgan fingerprint density at radius 2 is 1.96 bits per heavy atom. The number of hydrogen-bond donors (Lipinski definition) is 2. The van der Waals surface area contributed by atoms with Gasteiger partial charge in [-0.25, -0.2) is 4.99 Å². The fourth-order valence-corrected chi connectivity index (χ4v) is 3.42. The Kier molecular flexibility index (Phi) is 6.92. The van der Waals surface area contributed by atoms with Gasteiger partial charge in [-0.1, -0.05) is 18.0 Å². The molecule has 0 aromatic carbocycles. The van der Waals surface area contributed by atoms with E-state index in [0.717, 1.165) is 37.8 Å². The predicted molar refractivity (Wildman–Crippen MR) is 105 cm³/mol. The topological polar surface area (TPSA) is 84.6 Å². The van der Waals surface area contributed by atoms with Gasteiger partial charge in [0.15, 0.2) is 11.8 Å². The highest BCUT2D eigenvalue weighted by molar-refractivity contribution is 14.0. The lowest BCUT2D eigenvalue weighted by atomic mass is 10.2. The van der Waals surface area contributed by atoms with Gasteiger partial charge in [0.05, 0.1) is 6.10 Å². The number of nitrogens with zero attached hydrogens (tertiary/aromatic N) is 3. The molecule has 25 heavy (non-hydrogen) atoms. The standard InChI is InChI=1S/C17H27N5O2.HI/c1-2-5-13(4-1)20-17(18-10-14-6-3-9-23-14)19-11-15-21-16(22-24-15)12-7-8-12;/h12-14H,1-11H2,(H2,18,19,20);1H. The molecule has 1 unspecified atom stereocenters. The molecule has 1 atom stereocenters. The molecule has 1 aliphatic heterocycles. The Morgan fingerprint density at radius 3 is 2.68 bits per heavy atom. The molecular formula is C17H28IN5O2. The molecule has 0 amide bonds. The van der Waals surface area contributed by atoms with E-state index in [2.05, 4.69) is 25.8 Å². The van der Waals surface area contributed by atoms with Crippen molar-refractivity contribution in [2.45, 2.75) is 76.0 Å². The first-order chi connectivity index (χ1) is 11.9. The summed E-state index contributed by atoms with van der Waals surface area (Å²) in [6, 6.07) is 0.519. The van der Waals surface area contributed by atoms with Crippen LogP contribution in [0.2, 0.25) is 0 Å². The maximum atomic E-state index is 5.69. The first-order valence-electron chi connectivity index (χ1n) is 9.36. The summed E-state index contributed by atoms with van der Waals surface area (Å²) < 4.78 is 11.0. The Labute approximate surface area is 165 Å². The van der Waals surface area contributed by atoms with E-state index >= 15 is 0 Å². The summed E-state index contributed by atoms with van der Waals surface area (Å²) in [6.07, 6.45) is 9.96. The summed E-state index contributed by atoms with van der Waals surface area (Å²) >= 11 is 0. The van der Waals surface area contributed by atoms with E-state index in [1.165, 1.54) is 38.5 Å². The van der Waals surface area contributed by atoms with E-state index in [1.54, 1.807) is 0 Å². The molecule has 1 saturated heterocycles. The van der Waals surface area contributed by atoms with Crippen molar-refractivity contribution < 1.29 is 9.26 Å². The highest BCUT2D eigenvalue weighted by Gasteiger charge is 2.28. The normalized spacial score (nSPS) is 24.3. The van der Waals surface area contributed by atoms with Gasteiger partial charge in [0.25, 0.3) is 0 Å². The third-order valence-electron chi connectivity index (χ3n) is 5.02. The highest BCUT2D eigenvalue weighted by atomic mass is 127. The summed E-state index contributed by atoms with van der Waals surface area (Å²) in [5.74, 6) is 2.79. The Hall–Kier alpha value is -0.900. The molecule has 0 bridgehead atoms. The smallest absolute Gasteiger partial charge is 0.248 e. The first-order valence-corrected chi connectivity index (χ1v) is 9.36. The molecule has 2 heterocycles. The molecular weight excluding hydrogens is 433 g/mol. The van der Waals surface area contributed by atoms with Gasteiger partial charge in [0.2, 0.25) is 5.89 Å². The van der Waals surface area contributed by atoms with Crippen LogP contribution in [0.4, 0.5) is 0 Å². The number of ether oxygens (including phenoxy) is 1. The number of rotatable bonds is 6. The Morgan fingerprint density at radius 1 is 1.12 bits per heavy atom. The minimum atomic E-state index is 0. The zero-order valence-electron chi connectivity index (χ0n) is 14.6. The lowest BCUT2D eigenvalue weighted by Gasteiger charge is -2.19. The molecule has 0 radical (unpaired) electrons. The quantitative estimate of drug-likeness (QED) is 0.385. The average Bonchev–Trinajstić information content (AvgIpc) is 3.04. The molecule has 2 aliphatic carbocycles. The predicted octanol–water partition coefficient (Wildman–Crippen LogP) is 2.72. The number of guanidine groups is 1. The summed E-state index contributed by atoms with van der Waals surface area (Å²) in [5.41, 5.74) is 0. The average molecular weight is 461 g/mol. The fourth-order valence-electron chi connectivity index (χ4n) is 3.42. The Balaban J connectivity index is 0.00000182. The highest BCUT2D eigenvalue weighted by Crippen LogP contribution is 2.38. The van der Waals surface area contributed by atoms with E-state index in [-0.39, 0.29) is 24.0 Å². The van der Waals surface area contributed by atoms with Gasteiger partial charge >= 0.3 is 0 Å². The van der Waals surface area contributed by atoms with Crippen molar-refractivity contribution in [1.29, 1.82) is 0 Å². The first kappa shape index (κ1) is 18.9. The lowest BCUT2D eigenvalue weighted by molar-refractivity contribution is 0.113. The van der Waals surface area contributed by atoms with Gasteiger partial charge in [-0.2, -0.15) is 4.98 Å².